The van der Waals surface area contributed by atoms with Crippen LogP contribution in [0.3, 0.4) is 0 Å². The van der Waals surface area contributed by atoms with E-state index in [0.29, 0.717) is 24.7 Å². The van der Waals surface area contributed by atoms with Crippen LogP contribution in [0.1, 0.15) is 56.3 Å². The summed E-state index contributed by atoms with van der Waals surface area (Å²) in [7, 11) is 0. The van der Waals surface area contributed by atoms with Crippen molar-refractivity contribution in [3.63, 3.8) is 0 Å². The van der Waals surface area contributed by atoms with Crippen LogP contribution in [0.25, 0.3) is 0 Å². The zero-order chi connectivity index (χ0) is 17.7. The molecule has 7 nitrogen and oxygen atoms in total. The first kappa shape index (κ1) is 18.3. The molecule has 134 valence electrons. The second kappa shape index (κ2) is 7.68. The maximum Gasteiger partial charge on any atom is 0.410 e. The molecule has 1 aliphatic heterocycles. The van der Waals surface area contributed by atoms with Crippen molar-refractivity contribution in [3.8, 4) is 0 Å². The molecule has 1 fully saturated rings. The summed E-state index contributed by atoms with van der Waals surface area (Å²) in [5, 5.41) is 6.53. The number of carbonyl (C=O) groups is 2. The van der Waals surface area contributed by atoms with Gasteiger partial charge in [-0.15, -0.1) is 0 Å². The molecule has 0 saturated carbocycles. The molecule has 1 saturated heterocycles. The lowest BCUT2D eigenvalue weighted by Crippen LogP contribution is -2.43. The summed E-state index contributed by atoms with van der Waals surface area (Å²) < 4.78 is 10.4. The summed E-state index contributed by atoms with van der Waals surface area (Å²) in [4.78, 5) is 25.8. The van der Waals surface area contributed by atoms with Gasteiger partial charge in [-0.05, 0) is 52.9 Å². The van der Waals surface area contributed by atoms with Gasteiger partial charge >= 0.3 is 6.09 Å². The molecule has 1 aromatic heterocycles. The Morgan fingerprint density at radius 3 is 2.83 bits per heavy atom. The molecule has 0 aliphatic carbocycles. The van der Waals surface area contributed by atoms with Crippen LogP contribution in [0.4, 0.5) is 4.79 Å². The number of likely N-dealkylation sites (tertiary alicyclic amines) is 1. The number of rotatable bonds is 4. The maximum atomic E-state index is 12.1. The third-order valence-electron chi connectivity index (χ3n) is 3.86. The van der Waals surface area contributed by atoms with Gasteiger partial charge in [-0.1, -0.05) is 5.16 Å². The van der Waals surface area contributed by atoms with E-state index in [4.69, 9.17) is 9.26 Å². The molecular weight excluding hydrogens is 310 g/mol. The van der Waals surface area contributed by atoms with Gasteiger partial charge in [0.2, 0.25) is 5.76 Å². The molecule has 0 radical (unpaired) electrons. The van der Waals surface area contributed by atoms with Crippen molar-refractivity contribution in [2.45, 2.75) is 52.6 Å². The fourth-order valence-electron chi connectivity index (χ4n) is 2.74. The number of ether oxygens (including phenoxy) is 1. The molecular formula is C17H27N3O4. The number of aromatic nitrogens is 1. The van der Waals surface area contributed by atoms with Crippen LogP contribution in [-0.4, -0.2) is 47.3 Å². The smallest absolute Gasteiger partial charge is 0.410 e. The molecule has 0 bridgehead atoms. The Morgan fingerprint density at radius 1 is 1.46 bits per heavy atom. The Bertz CT molecular complexity index is 577. The van der Waals surface area contributed by atoms with Crippen molar-refractivity contribution in [2.24, 2.45) is 5.92 Å². The number of amides is 2. The van der Waals surface area contributed by atoms with Gasteiger partial charge in [0.25, 0.3) is 5.91 Å². The lowest BCUT2D eigenvalue weighted by Gasteiger charge is -2.34. The van der Waals surface area contributed by atoms with Gasteiger partial charge in [0.05, 0.1) is 5.69 Å². The normalized spacial score (nSPS) is 18.3. The number of hydrogen-bond donors (Lipinski definition) is 1. The maximum absolute atomic E-state index is 12.1. The average molecular weight is 337 g/mol. The molecule has 1 N–H and O–H groups in total. The Balaban J connectivity index is 1.75. The summed E-state index contributed by atoms with van der Waals surface area (Å²) in [6, 6.07) is 1.61. The van der Waals surface area contributed by atoms with E-state index < -0.39 is 5.60 Å². The number of hydrogen-bond acceptors (Lipinski definition) is 5. The van der Waals surface area contributed by atoms with E-state index in [-0.39, 0.29) is 17.8 Å². The molecule has 1 atom stereocenters. The van der Waals surface area contributed by atoms with Gasteiger partial charge < -0.3 is 19.5 Å². The monoisotopic (exact) mass is 337 g/mol. The van der Waals surface area contributed by atoms with E-state index in [1.54, 1.807) is 17.9 Å². The average Bonchev–Trinajstić information content (AvgIpc) is 2.92. The largest absolute Gasteiger partial charge is 0.444 e. The molecule has 2 amide bonds. The number of aryl methyl sites for hydroxylation is 1. The Labute approximate surface area is 142 Å². The van der Waals surface area contributed by atoms with Gasteiger partial charge in [0, 0.05) is 25.7 Å². The van der Waals surface area contributed by atoms with Gasteiger partial charge in [0.1, 0.15) is 5.60 Å². The van der Waals surface area contributed by atoms with Crippen molar-refractivity contribution in [3.05, 3.63) is 17.5 Å². The van der Waals surface area contributed by atoms with Crippen molar-refractivity contribution in [1.82, 2.24) is 15.4 Å². The van der Waals surface area contributed by atoms with Crippen LogP contribution in [-0.2, 0) is 4.74 Å². The van der Waals surface area contributed by atoms with Crippen LogP contribution >= 0.6 is 0 Å². The summed E-state index contributed by atoms with van der Waals surface area (Å²) in [6.45, 7) is 9.33. The molecule has 0 aromatic carbocycles. The van der Waals surface area contributed by atoms with Crippen LogP contribution in [0, 0.1) is 12.8 Å². The second-order valence-electron chi connectivity index (χ2n) is 7.31. The fraction of sp³-hybridized carbons (Fsp3) is 0.706. The first-order valence-electron chi connectivity index (χ1n) is 8.44. The van der Waals surface area contributed by atoms with E-state index >= 15 is 0 Å². The lowest BCUT2D eigenvalue weighted by molar-refractivity contribution is 0.0161. The van der Waals surface area contributed by atoms with Crippen LogP contribution in [0.15, 0.2) is 10.6 Å². The SMILES string of the molecule is Cc1cc(C(=O)NCC[C@@H]2CCCN(C(=O)OC(C)(C)C)C2)on1. The predicted octanol–water partition coefficient (Wildman–Crippen LogP) is 2.75. The Kier molecular flexibility index (Phi) is 5.85. The molecule has 7 heteroatoms. The zero-order valence-electron chi connectivity index (χ0n) is 14.9. The van der Waals surface area contributed by atoms with Crippen LogP contribution in [0.2, 0.25) is 0 Å². The van der Waals surface area contributed by atoms with E-state index in [2.05, 4.69) is 10.5 Å². The van der Waals surface area contributed by atoms with Crippen molar-refractivity contribution in [1.29, 1.82) is 0 Å². The highest BCUT2D eigenvalue weighted by Crippen LogP contribution is 2.21. The lowest BCUT2D eigenvalue weighted by atomic mass is 9.95. The van der Waals surface area contributed by atoms with Gasteiger partial charge in [0.15, 0.2) is 0 Å². The number of carbonyl (C=O) groups excluding carboxylic acids is 2. The van der Waals surface area contributed by atoms with Crippen LogP contribution < -0.4 is 5.32 Å². The molecule has 0 spiro atoms. The summed E-state index contributed by atoms with van der Waals surface area (Å²) in [5.41, 5.74) is 0.202. The minimum Gasteiger partial charge on any atom is -0.444 e. The number of nitrogens with zero attached hydrogens (tertiary/aromatic N) is 2. The van der Waals surface area contributed by atoms with Crippen molar-refractivity contribution in [2.75, 3.05) is 19.6 Å². The first-order chi connectivity index (χ1) is 11.2. The highest BCUT2D eigenvalue weighted by Gasteiger charge is 2.27. The second-order valence-corrected chi connectivity index (χ2v) is 7.31. The molecule has 2 heterocycles. The van der Waals surface area contributed by atoms with Crippen LogP contribution in [0.5, 0.6) is 0 Å². The molecule has 0 unspecified atom stereocenters. The van der Waals surface area contributed by atoms with Gasteiger partial charge in [-0.25, -0.2) is 4.79 Å². The van der Waals surface area contributed by atoms with Gasteiger partial charge in [-0.2, -0.15) is 0 Å². The highest BCUT2D eigenvalue weighted by molar-refractivity contribution is 5.91. The highest BCUT2D eigenvalue weighted by atomic mass is 16.6. The quantitative estimate of drug-likeness (QED) is 0.913. The minimum atomic E-state index is -0.479. The number of nitrogens with one attached hydrogen (secondary N) is 1. The third kappa shape index (κ3) is 5.54. The molecule has 1 aromatic rings. The first-order valence-corrected chi connectivity index (χ1v) is 8.44. The Hall–Kier alpha value is -2.05. The molecule has 1 aliphatic rings. The van der Waals surface area contributed by atoms with E-state index in [1.807, 2.05) is 20.8 Å². The Morgan fingerprint density at radius 2 is 2.21 bits per heavy atom. The molecule has 2 rings (SSSR count). The summed E-state index contributed by atoms with van der Waals surface area (Å²) in [5.74, 6) is 0.338. The van der Waals surface area contributed by atoms with E-state index in [9.17, 15) is 9.59 Å². The molecule has 24 heavy (non-hydrogen) atoms. The number of piperidine rings is 1. The third-order valence-corrected chi connectivity index (χ3v) is 3.86. The predicted molar refractivity (Wildman–Crippen MR) is 88.7 cm³/mol. The van der Waals surface area contributed by atoms with Crippen molar-refractivity contribution >= 4 is 12.0 Å². The minimum absolute atomic E-state index is 0.228. The van der Waals surface area contributed by atoms with E-state index in [1.165, 1.54) is 0 Å². The van der Waals surface area contributed by atoms with E-state index in [0.717, 1.165) is 25.8 Å². The topological polar surface area (TPSA) is 84.7 Å². The van der Waals surface area contributed by atoms with Crippen molar-refractivity contribution < 1.29 is 18.8 Å². The fourth-order valence-corrected chi connectivity index (χ4v) is 2.74. The zero-order valence-corrected chi connectivity index (χ0v) is 14.9. The van der Waals surface area contributed by atoms with Gasteiger partial charge in [-0.3, -0.25) is 4.79 Å². The summed E-state index contributed by atoms with van der Waals surface area (Å²) in [6.07, 6.45) is 2.57. The summed E-state index contributed by atoms with van der Waals surface area (Å²) >= 11 is 0. The standard InChI is InChI=1S/C17H27N3O4/c1-12-10-14(24-19-12)15(21)18-8-7-13-6-5-9-20(11-13)16(22)23-17(2,3)4/h10,13H,5-9,11H2,1-4H3,(H,18,21)/t13-/m0/s1.